The highest BCUT2D eigenvalue weighted by Gasteiger charge is 2.30. The molecule has 0 aromatic rings. The average Bonchev–Trinajstić information content (AvgIpc) is 2.37. The van der Waals surface area contributed by atoms with Crippen LogP contribution in [-0.2, 0) is 18.9 Å². The van der Waals surface area contributed by atoms with Gasteiger partial charge in [0.15, 0.2) is 6.23 Å². The maximum absolute atomic E-state index is 11.7. The van der Waals surface area contributed by atoms with Crippen molar-refractivity contribution in [2.24, 2.45) is 0 Å². The Balaban J connectivity index is 2.61. The van der Waals surface area contributed by atoms with Crippen molar-refractivity contribution in [1.82, 2.24) is 10.4 Å². The SMILES string of the molecule is CCOC(=O)NN(C(=O)OCC)C1COCCO1. The summed E-state index contributed by atoms with van der Waals surface area (Å²) < 4.78 is 20.0. The minimum absolute atomic E-state index is 0.158. The zero-order valence-corrected chi connectivity index (χ0v) is 10.5. The Labute approximate surface area is 105 Å². The van der Waals surface area contributed by atoms with Crippen molar-refractivity contribution < 1.29 is 28.5 Å². The Morgan fingerprint density at radius 3 is 2.56 bits per heavy atom. The van der Waals surface area contributed by atoms with Crippen molar-refractivity contribution in [3.8, 4) is 0 Å². The number of hydrogen-bond acceptors (Lipinski definition) is 6. The molecule has 1 unspecified atom stereocenters. The zero-order valence-electron chi connectivity index (χ0n) is 10.5. The number of ether oxygens (including phenoxy) is 4. The summed E-state index contributed by atoms with van der Waals surface area (Å²) in [6.07, 6.45) is -2.19. The first-order valence-corrected chi connectivity index (χ1v) is 5.77. The fraction of sp³-hybridized carbons (Fsp3) is 0.800. The maximum Gasteiger partial charge on any atom is 0.431 e. The van der Waals surface area contributed by atoms with Crippen molar-refractivity contribution in [1.29, 1.82) is 0 Å². The van der Waals surface area contributed by atoms with Gasteiger partial charge in [-0.2, -0.15) is 5.01 Å². The monoisotopic (exact) mass is 262 g/mol. The Morgan fingerprint density at radius 2 is 2.00 bits per heavy atom. The molecule has 1 aliphatic rings. The summed E-state index contributed by atoms with van der Waals surface area (Å²) in [5.41, 5.74) is 2.26. The van der Waals surface area contributed by atoms with Crippen LogP contribution >= 0.6 is 0 Å². The van der Waals surface area contributed by atoms with Crippen LogP contribution in [0.4, 0.5) is 9.59 Å². The molecule has 1 saturated heterocycles. The Hall–Kier alpha value is -1.54. The third-order valence-corrected chi connectivity index (χ3v) is 2.04. The molecule has 1 N–H and O–H groups in total. The lowest BCUT2D eigenvalue weighted by atomic mass is 10.5. The molecule has 1 atom stereocenters. The molecule has 8 nitrogen and oxygen atoms in total. The largest absolute Gasteiger partial charge is 0.449 e. The standard InChI is InChI=1S/C10H18N2O6/c1-3-16-9(13)11-12(10(14)17-4-2)8-7-15-5-6-18-8/h8H,3-7H2,1-2H3,(H,11,13). The number of carbonyl (C=O) groups is 2. The molecular weight excluding hydrogens is 244 g/mol. The van der Waals surface area contributed by atoms with E-state index in [-0.39, 0.29) is 19.8 Å². The molecule has 2 amide bonds. The molecule has 1 fully saturated rings. The van der Waals surface area contributed by atoms with Crippen LogP contribution in [0.5, 0.6) is 0 Å². The molecule has 18 heavy (non-hydrogen) atoms. The van der Waals surface area contributed by atoms with Crippen LogP contribution in [0.15, 0.2) is 0 Å². The molecule has 0 aromatic carbocycles. The molecule has 0 radical (unpaired) electrons. The second-order valence-electron chi connectivity index (χ2n) is 3.30. The first kappa shape index (κ1) is 14.5. The van der Waals surface area contributed by atoms with E-state index in [0.29, 0.717) is 13.2 Å². The van der Waals surface area contributed by atoms with Gasteiger partial charge in [-0.25, -0.2) is 15.0 Å². The van der Waals surface area contributed by atoms with Crippen molar-refractivity contribution >= 4 is 12.2 Å². The number of carbonyl (C=O) groups excluding carboxylic acids is 2. The predicted molar refractivity (Wildman–Crippen MR) is 59.6 cm³/mol. The summed E-state index contributed by atoms with van der Waals surface area (Å²) in [4.78, 5) is 23.0. The van der Waals surface area contributed by atoms with Crippen LogP contribution in [-0.4, -0.2) is 56.5 Å². The molecule has 1 heterocycles. The molecule has 0 bridgehead atoms. The van der Waals surface area contributed by atoms with Gasteiger partial charge < -0.3 is 18.9 Å². The van der Waals surface area contributed by atoms with Gasteiger partial charge in [-0.3, -0.25) is 0 Å². The highest BCUT2D eigenvalue weighted by Crippen LogP contribution is 2.07. The average molecular weight is 262 g/mol. The van der Waals surface area contributed by atoms with Crippen molar-refractivity contribution in [2.45, 2.75) is 20.1 Å². The molecule has 0 spiro atoms. The van der Waals surface area contributed by atoms with Gasteiger partial charge in [0.1, 0.15) is 0 Å². The summed E-state index contributed by atoms with van der Waals surface area (Å²) in [6.45, 7) is 4.66. The first-order valence-electron chi connectivity index (χ1n) is 5.77. The number of nitrogens with one attached hydrogen (secondary N) is 1. The number of nitrogens with zero attached hydrogens (tertiary/aromatic N) is 1. The van der Waals surface area contributed by atoms with Gasteiger partial charge in [0, 0.05) is 0 Å². The Bertz CT molecular complexity index is 280. The van der Waals surface area contributed by atoms with E-state index in [1.807, 2.05) is 0 Å². The lowest BCUT2D eigenvalue weighted by Gasteiger charge is -2.32. The minimum Gasteiger partial charge on any atom is -0.449 e. The first-order chi connectivity index (χ1) is 8.69. The smallest absolute Gasteiger partial charge is 0.431 e. The zero-order chi connectivity index (χ0) is 13.4. The normalized spacial score (nSPS) is 18.9. The van der Waals surface area contributed by atoms with Crippen LogP contribution in [0.25, 0.3) is 0 Å². The van der Waals surface area contributed by atoms with E-state index in [9.17, 15) is 9.59 Å². The van der Waals surface area contributed by atoms with Crippen LogP contribution in [0.3, 0.4) is 0 Å². The highest BCUT2D eigenvalue weighted by atomic mass is 16.6. The molecule has 0 saturated carbocycles. The predicted octanol–water partition coefficient (Wildman–Crippen LogP) is 0.479. The molecule has 1 rings (SSSR count). The van der Waals surface area contributed by atoms with Gasteiger partial charge in [-0.1, -0.05) is 0 Å². The summed E-state index contributed by atoms with van der Waals surface area (Å²) >= 11 is 0. The number of hydrazine groups is 1. The lowest BCUT2D eigenvalue weighted by molar-refractivity contribution is -0.155. The quantitative estimate of drug-likeness (QED) is 0.744. The minimum atomic E-state index is -0.750. The summed E-state index contributed by atoms with van der Waals surface area (Å²) in [5, 5.41) is 0.931. The van der Waals surface area contributed by atoms with Crippen molar-refractivity contribution in [2.75, 3.05) is 33.0 Å². The molecule has 8 heteroatoms. The second kappa shape index (κ2) is 7.72. The second-order valence-corrected chi connectivity index (χ2v) is 3.30. The Morgan fingerprint density at radius 1 is 1.28 bits per heavy atom. The van der Waals surface area contributed by atoms with Gasteiger partial charge in [0.25, 0.3) is 0 Å². The molecular formula is C10H18N2O6. The van der Waals surface area contributed by atoms with Gasteiger partial charge in [-0.15, -0.1) is 0 Å². The number of hydrogen-bond donors (Lipinski definition) is 1. The van der Waals surface area contributed by atoms with E-state index >= 15 is 0 Å². The van der Waals surface area contributed by atoms with E-state index in [4.69, 9.17) is 18.9 Å². The number of rotatable bonds is 3. The summed E-state index contributed by atoms with van der Waals surface area (Å²) in [5.74, 6) is 0. The third-order valence-electron chi connectivity index (χ3n) is 2.04. The summed E-state index contributed by atoms with van der Waals surface area (Å²) in [6, 6.07) is 0. The fourth-order valence-electron chi connectivity index (χ4n) is 1.31. The van der Waals surface area contributed by atoms with Gasteiger partial charge in [0.2, 0.25) is 0 Å². The van der Waals surface area contributed by atoms with Crippen molar-refractivity contribution in [3.63, 3.8) is 0 Å². The third kappa shape index (κ3) is 4.38. The topological polar surface area (TPSA) is 86.3 Å². The lowest BCUT2D eigenvalue weighted by Crippen LogP contribution is -2.56. The van der Waals surface area contributed by atoms with E-state index in [1.54, 1.807) is 13.8 Å². The molecule has 0 aliphatic carbocycles. The van der Waals surface area contributed by atoms with Crippen LogP contribution in [0.2, 0.25) is 0 Å². The van der Waals surface area contributed by atoms with Gasteiger partial charge in [-0.05, 0) is 13.8 Å². The van der Waals surface area contributed by atoms with E-state index in [2.05, 4.69) is 5.43 Å². The molecule has 0 aromatic heterocycles. The van der Waals surface area contributed by atoms with Crippen LogP contribution in [0.1, 0.15) is 13.8 Å². The van der Waals surface area contributed by atoms with Crippen LogP contribution < -0.4 is 5.43 Å². The Kier molecular flexibility index (Phi) is 6.23. The van der Waals surface area contributed by atoms with E-state index < -0.39 is 18.4 Å². The molecule has 104 valence electrons. The van der Waals surface area contributed by atoms with Gasteiger partial charge in [0.05, 0.1) is 33.0 Å². The highest BCUT2D eigenvalue weighted by molar-refractivity contribution is 5.74. The van der Waals surface area contributed by atoms with Crippen LogP contribution in [0, 0.1) is 0 Å². The maximum atomic E-state index is 11.7. The fourth-order valence-corrected chi connectivity index (χ4v) is 1.31. The van der Waals surface area contributed by atoms with E-state index in [0.717, 1.165) is 5.01 Å². The summed E-state index contributed by atoms with van der Waals surface area (Å²) in [7, 11) is 0. The van der Waals surface area contributed by atoms with Crippen molar-refractivity contribution in [3.05, 3.63) is 0 Å². The number of amides is 2. The van der Waals surface area contributed by atoms with E-state index in [1.165, 1.54) is 0 Å². The molecule has 1 aliphatic heterocycles. The van der Waals surface area contributed by atoms with Gasteiger partial charge >= 0.3 is 12.2 Å².